The fourth-order valence-electron chi connectivity index (χ4n) is 4.69. The molecule has 3 aromatic rings. The van der Waals surface area contributed by atoms with E-state index < -0.39 is 30.1 Å². The molecule has 1 fully saturated rings. The summed E-state index contributed by atoms with van der Waals surface area (Å²) in [6.07, 6.45) is -1.07. The maximum absolute atomic E-state index is 13.5. The van der Waals surface area contributed by atoms with E-state index in [1.807, 2.05) is 0 Å². The molecule has 1 aliphatic heterocycles. The third-order valence-electron chi connectivity index (χ3n) is 6.70. The van der Waals surface area contributed by atoms with Crippen LogP contribution < -0.4 is 0 Å². The quantitative estimate of drug-likeness (QED) is 0.410. The van der Waals surface area contributed by atoms with Gasteiger partial charge in [0.05, 0.1) is 19.2 Å². The van der Waals surface area contributed by atoms with Gasteiger partial charge in [0.2, 0.25) is 5.89 Å². The van der Waals surface area contributed by atoms with E-state index in [0.717, 1.165) is 12.8 Å². The van der Waals surface area contributed by atoms with Crippen LogP contribution in [0.3, 0.4) is 0 Å². The Morgan fingerprint density at radius 1 is 1.16 bits per heavy atom. The second-order valence-electron chi connectivity index (χ2n) is 9.20. The average Bonchev–Trinajstić information content (AvgIpc) is 3.54. The second kappa shape index (κ2) is 10.8. The van der Waals surface area contributed by atoms with Gasteiger partial charge in [0.25, 0.3) is 11.8 Å². The molecule has 12 heteroatoms. The van der Waals surface area contributed by atoms with Crippen molar-refractivity contribution in [2.75, 3.05) is 7.11 Å². The van der Waals surface area contributed by atoms with E-state index >= 15 is 0 Å². The predicted molar refractivity (Wildman–Crippen MR) is 126 cm³/mol. The first kappa shape index (κ1) is 25.7. The molecule has 5 rings (SSSR count). The Labute approximate surface area is 216 Å². The lowest BCUT2D eigenvalue weighted by Gasteiger charge is -2.34. The van der Waals surface area contributed by atoms with Crippen LogP contribution in [0.2, 0.25) is 0 Å². The summed E-state index contributed by atoms with van der Waals surface area (Å²) in [5.74, 6) is -1.89. The van der Waals surface area contributed by atoms with Gasteiger partial charge < -0.3 is 13.9 Å². The van der Waals surface area contributed by atoms with Gasteiger partial charge in [0.15, 0.2) is 0 Å². The fourth-order valence-corrected chi connectivity index (χ4v) is 4.69. The molecule has 0 saturated heterocycles. The number of hydrogen-bond acceptors (Lipinski definition) is 7. The minimum atomic E-state index is -2.92. The van der Waals surface area contributed by atoms with Crippen molar-refractivity contribution < 1.29 is 36.7 Å². The largest absolute Gasteiger partial charge is 0.445 e. The molecule has 1 aliphatic carbocycles. The number of amides is 2. The van der Waals surface area contributed by atoms with Crippen molar-refractivity contribution in [3.05, 3.63) is 70.9 Å². The minimum absolute atomic E-state index is 0.0153. The molecule has 1 saturated carbocycles. The van der Waals surface area contributed by atoms with Gasteiger partial charge in [-0.05, 0) is 54.7 Å². The molecule has 0 spiro atoms. The summed E-state index contributed by atoms with van der Waals surface area (Å²) in [7, 11) is 1.62. The Balaban J connectivity index is 1.39. The first-order valence-electron chi connectivity index (χ1n) is 12.1. The number of aromatic nitrogens is 2. The van der Waals surface area contributed by atoms with E-state index in [9.17, 15) is 22.8 Å². The normalized spacial score (nSPS) is 19.1. The highest BCUT2D eigenvalue weighted by Crippen LogP contribution is 2.32. The van der Waals surface area contributed by atoms with Crippen LogP contribution in [0, 0.1) is 5.82 Å². The molecule has 2 heterocycles. The highest BCUT2D eigenvalue weighted by molar-refractivity contribution is 6.00. The van der Waals surface area contributed by atoms with Crippen molar-refractivity contribution in [2.24, 2.45) is 0 Å². The van der Waals surface area contributed by atoms with Gasteiger partial charge in [-0.25, -0.2) is 19.2 Å². The molecule has 1 aromatic heterocycles. The van der Waals surface area contributed by atoms with Crippen LogP contribution >= 0.6 is 0 Å². The number of ether oxygens (including phenoxy) is 2. The number of rotatable bonds is 7. The minimum Gasteiger partial charge on any atom is -0.445 e. The highest BCUT2D eigenvalue weighted by atomic mass is 19.3. The molecule has 0 N–H and O–H groups in total. The zero-order chi connectivity index (χ0) is 26.8. The molecular weight excluding hydrogens is 505 g/mol. The summed E-state index contributed by atoms with van der Waals surface area (Å²) in [6.45, 7) is 0.0375. The maximum Gasteiger partial charge on any atom is 0.429 e. The summed E-state index contributed by atoms with van der Waals surface area (Å²) in [4.78, 5) is 26.9. The van der Waals surface area contributed by atoms with Crippen molar-refractivity contribution in [3.8, 4) is 11.5 Å². The first-order valence-corrected chi connectivity index (χ1v) is 12.1. The molecule has 2 unspecified atom stereocenters. The summed E-state index contributed by atoms with van der Waals surface area (Å²) >= 11 is 0. The van der Waals surface area contributed by atoms with Gasteiger partial charge in [-0.1, -0.05) is 18.2 Å². The lowest BCUT2D eigenvalue weighted by atomic mass is 9.95. The lowest BCUT2D eigenvalue weighted by Crippen LogP contribution is -2.47. The number of halogens is 3. The Bertz CT molecular complexity index is 1320. The zero-order valence-electron chi connectivity index (χ0n) is 20.5. The van der Waals surface area contributed by atoms with Gasteiger partial charge in [0.1, 0.15) is 11.9 Å². The molecule has 38 heavy (non-hydrogen) atoms. The van der Waals surface area contributed by atoms with Crippen LogP contribution in [0.25, 0.3) is 11.5 Å². The number of carbonyl (C=O) groups is 2. The van der Waals surface area contributed by atoms with Crippen molar-refractivity contribution >= 4 is 12.0 Å². The number of fused-ring (bicyclic) bond motifs is 1. The second-order valence-corrected chi connectivity index (χ2v) is 9.20. The molecule has 2 aromatic carbocycles. The summed E-state index contributed by atoms with van der Waals surface area (Å²) in [5, 5.41) is 9.42. The number of nitrogens with zero attached hydrogens (tertiary/aromatic N) is 4. The lowest BCUT2D eigenvalue weighted by molar-refractivity contribution is -0.0479. The van der Waals surface area contributed by atoms with Gasteiger partial charge in [-0.15, -0.1) is 10.2 Å². The standard InChI is InChI=1S/C26H25F3N4O5/c1-36-19-3-2-4-20(12-19)37-26(35)33(13-15-5-9-18(27)10-6-15)32-14-17-8-7-16(11-21(17)25(32)34)23-30-31-24(38-23)22(28)29/h5-11,19-20,22H,2-4,12-14H2,1H3. The molecular formula is C26H25F3N4O5. The number of carbonyl (C=O) groups excluding carboxylic acids is 2. The zero-order valence-corrected chi connectivity index (χ0v) is 20.5. The third kappa shape index (κ3) is 5.35. The van der Waals surface area contributed by atoms with E-state index in [1.54, 1.807) is 19.2 Å². The first-order chi connectivity index (χ1) is 18.3. The van der Waals surface area contributed by atoms with E-state index in [4.69, 9.17) is 13.9 Å². The van der Waals surface area contributed by atoms with E-state index in [1.165, 1.54) is 40.3 Å². The smallest absolute Gasteiger partial charge is 0.429 e. The van der Waals surface area contributed by atoms with Crippen molar-refractivity contribution in [3.63, 3.8) is 0 Å². The molecule has 2 aliphatic rings. The Kier molecular flexibility index (Phi) is 7.32. The van der Waals surface area contributed by atoms with Crippen molar-refractivity contribution in [1.82, 2.24) is 20.2 Å². The molecule has 2 atom stereocenters. The van der Waals surface area contributed by atoms with E-state index in [0.29, 0.717) is 29.5 Å². The average molecular weight is 531 g/mol. The van der Waals surface area contributed by atoms with Crippen molar-refractivity contribution in [1.29, 1.82) is 0 Å². The number of benzene rings is 2. The van der Waals surface area contributed by atoms with E-state index in [2.05, 4.69) is 10.2 Å². The van der Waals surface area contributed by atoms with Crippen LogP contribution in [0.1, 0.15) is 59.5 Å². The van der Waals surface area contributed by atoms with Gasteiger partial charge in [0, 0.05) is 24.7 Å². The topological polar surface area (TPSA) is 98.0 Å². The van der Waals surface area contributed by atoms with Crippen LogP contribution in [0.4, 0.5) is 18.0 Å². The Morgan fingerprint density at radius 3 is 2.63 bits per heavy atom. The molecule has 200 valence electrons. The number of hydrazine groups is 1. The molecule has 0 bridgehead atoms. The highest BCUT2D eigenvalue weighted by Gasteiger charge is 2.37. The summed E-state index contributed by atoms with van der Waals surface area (Å²) in [6, 6.07) is 10.3. The summed E-state index contributed by atoms with van der Waals surface area (Å²) in [5.41, 5.74) is 1.75. The number of alkyl halides is 2. The van der Waals surface area contributed by atoms with Crippen molar-refractivity contribution in [2.45, 2.75) is 57.4 Å². The molecule has 0 radical (unpaired) electrons. The van der Waals surface area contributed by atoms with Gasteiger partial charge >= 0.3 is 12.5 Å². The maximum atomic E-state index is 13.5. The predicted octanol–water partition coefficient (Wildman–Crippen LogP) is 5.28. The Morgan fingerprint density at radius 2 is 1.92 bits per heavy atom. The summed E-state index contributed by atoms with van der Waals surface area (Å²) < 4.78 is 55.5. The third-order valence-corrected chi connectivity index (χ3v) is 6.70. The van der Waals surface area contributed by atoms with Crippen LogP contribution in [-0.4, -0.2) is 51.5 Å². The van der Waals surface area contributed by atoms with Crippen LogP contribution in [0.15, 0.2) is 46.9 Å². The van der Waals surface area contributed by atoms with Crippen LogP contribution in [-0.2, 0) is 22.6 Å². The molecule has 9 nitrogen and oxygen atoms in total. The van der Waals surface area contributed by atoms with Crippen LogP contribution in [0.5, 0.6) is 0 Å². The fraction of sp³-hybridized carbons (Fsp3) is 0.385. The van der Waals surface area contributed by atoms with E-state index in [-0.39, 0.29) is 36.8 Å². The monoisotopic (exact) mass is 530 g/mol. The SMILES string of the molecule is COC1CCCC(OC(=O)N(Cc2ccc(F)cc2)N2Cc3ccc(-c4nnc(C(F)F)o4)cc3C2=O)C1. The molecule has 2 amide bonds. The number of hydrogen-bond donors (Lipinski definition) is 0. The Hall–Kier alpha value is -3.93. The van der Waals surface area contributed by atoms with Gasteiger partial charge in [-0.2, -0.15) is 8.78 Å². The number of methoxy groups -OCH3 is 1. The van der Waals surface area contributed by atoms with Gasteiger partial charge in [-0.3, -0.25) is 4.79 Å².